The summed E-state index contributed by atoms with van der Waals surface area (Å²) in [7, 11) is 0. The fourth-order valence-electron chi connectivity index (χ4n) is 3.64. The third-order valence-corrected chi connectivity index (χ3v) is 4.89. The van der Waals surface area contributed by atoms with E-state index in [9.17, 15) is 9.18 Å². The zero-order valence-corrected chi connectivity index (χ0v) is 11.4. The zero-order chi connectivity index (χ0) is 14.2. The number of carboxylic acids is 1. The molecule has 1 aliphatic carbocycles. The zero-order valence-electron chi connectivity index (χ0n) is 11.4. The van der Waals surface area contributed by atoms with Crippen molar-refractivity contribution in [2.24, 2.45) is 5.41 Å². The number of nitrogens with zero attached hydrogens (tertiary/aromatic N) is 2. The average Bonchev–Trinajstić information content (AvgIpc) is 2.88. The lowest BCUT2D eigenvalue weighted by Gasteiger charge is -2.40. The fourth-order valence-corrected chi connectivity index (χ4v) is 3.64. The van der Waals surface area contributed by atoms with E-state index in [1.165, 1.54) is 37.9 Å². The first kappa shape index (κ1) is 13.3. The van der Waals surface area contributed by atoms with Crippen LogP contribution in [0.1, 0.15) is 48.9 Å². The molecule has 1 aromatic heterocycles. The van der Waals surface area contributed by atoms with Crippen molar-refractivity contribution in [3.8, 4) is 0 Å². The van der Waals surface area contributed by atoms with Gasteiger partial charge in [0.2, 0.25) is 0 Å². The van der Waals surface area contributed by atoms with E-state index in [-0.39, 0.29) is 11.4 Å². The number of hydrogen-bond acceptors (Lipinski definition) is 3. The molecule has 2 aliphatic rings. The molecule has 0 aromatic carbocycles. The average molecular weight is 278 g/mol. The van der Waals surface area contributed by atoms with Gasteiger partial charge >= 0.3 is 5.97 Å². The van der Waals surface area contributed by atoms with Crippen molar-refractivity contribution in [2.45, 2.75) is 38.5 Å². The molecular weight excluding hydrogens is 259 g/mol. The number of carbonyl (C=O) groups is 1. The summed E-state index contributed by atoms with van der Waals surface area (Å²) in [4.78, 5) is 16.9. The van der Waals surface area contributed by atoms with Gasteiger partial charge in [0, 0.05) is 19.3 Å². The van der Waals surface area contributed by atoms with Gasteiger partial charge in [-0.05, 0) is 37.2 Å². The van der Waals surface area contributed by atoms with E-state index in [4.69, 9.17) is 5.11 Å². The second-order valence-corrected chi connectivity index (χ2v) is 6.00. The molecule has 0 unspecified atom stereocenters. The van der Waals surface area contributed by atoms with E-state index in [0.717, 1.165) is 25.9 Å². The Labute approximate surface area is 117 Å². The monoisotopic (exact) mass is 278 g/mol. The van der Waals surface area contributed by atoms with E-state index in [1.807, 2.05) is 4.90 Å². The van der Waals surface area contributed by atoms with Crippen molar-refractivity contribution in [2.75, 3.05) is 18.0 Å². The van der Waals surface area contributed by atoms with Crippen molar-refractivity contribution in [3.05, 3.63) is 23.6 Å². The molecule has 0 atom stereocenters. The molecule has 5 heteroatoms. The first-order valence-electron chi connectivity index (χ1n) is 7.24. The summed E-state index contributed by atoms with van der Waals surface area (Å²) in [6.45, 7) is 1.54. The van der Waals surface area contributed by atoms with Gasteiger partial charge in [-0.15, -0.1) is 0 Å². The van der Waals surface area contributed by atoms with Crippen LogP contribution >= 0.6 is 0 Å². The predicted octanol–water partition coefficient (Wildman–Crippen LogP) is 3.08. The lowest BCUT2D eigenvalue weighted by atomic mass is 9.77. The summed E-state index contributed by atoms with van der Waals surface area (Å²) >= 11 is 0. The van der Waals surface area contributed by atoms with Crippen LogP contribution in [0.3, 0.4) is 0 Å². The molecule has 1 aromatic rings. The molecule has 1 spiro atoms. The third kappa shape index (κ3) is 2.25. The molecule has 108 valence electrons. The second-order valence-electron chi connectivity index (χ2n) is 6.00. The highest BCUT2D eigenvalue weighted by molar-refractivity contribution is 5.88. The lowest BCUT2D eigenvalue weighted by Crippen LogP contribution is -2.39. The molecule has 3 rings (SSSR count). The van der Waals surface area contributed by atoms with Crippen molar-refractivity contribution in [1.82, 2.24) is 4.98 Å². The van der Waals surface area contributed by atoms with Gasteiger partial charge < -0.3 is 10.0 Å². The number of anilines is 1. The smallest absolute Gasteiger partial charge is 0.338 e. The largest absolute Gasteiger partial charge is 0.478 e. The first-order valence-corrected chi connectivity index (χ1v) is 7.24. The van der Waals surface area contributed by atoms with Crippen LogP contribution in [0.2, 0.25) is 0 Å². The lowest BCUT2D eigenvalue weighted by molar-refractivity contribution is 0.0691. The summed E-state index contributed by atoms with van der Waals surface area (Å²) < 4.78 is 14.2. The molecule has 1 saturated carbocycles. The molecule has 1 aliphatic heterocycles. The third-order valence-electron chi connectivity index (χ3n) is 4.89. The Morgan fingerprint density at radius 3 is 2.50 bits per heavy atom. The number of aromatic nitrogens is 1. The van der Waals surface area contributed by atoms with Crippen molar-refractivity contribution < 1.29 is 14.3 Å². The van der Waals surface area contributed by atoms with Gasteiger partial charge in [0.25, 0.3) is 0 Å². The minimum atomic E-state index is -1.24. The minimum Gasteiger partial charge on any atom is -0.478 e. The van der Waals surface area contributed by atoms with Gasteiger partial charge in [-0.2, -0.15) is 0 Å². The van der Waals surface area contributed by atoms with E-state index in [0.29, 0.717) is 5.41 Å². The highest BCUT2D eigenvalue weighted by Crippen LogP contribution is 2.46. The van der Waals surface area contributed by atoms with Crippen LogP contribution in [0.5, 0.6) is 0 Å². The maximum Gasteiger partial charge on any atom is 0.338 e. The first-order chi connectivity index (χ1) is 9.61. The quantitative estimate of drug-likeness (QED) is 0.903. The Kier molecular flexibility index (Phi) is 3.36. The molecule has 0 radical (unpaired) electrons. The maximum absolute atomic E-state index is 14.2. The maximum atomic E-state index is 14.2. The number of aromatic carboxylic acids is 1. The SMILES string of the molecule is O=C(O)c1ccnc(N2CCC3(CCCC3)CC2)c1F. The summed E-state index contributed by atoms with van der Waals surface area (Å²) in [6.07, 6.45) is 8.68. The van der Waals surface area contributed by atoms with E-state index in [2.05, 4.69) is 4.98 Å². The highest BCUT2D eigenvalue weighted by atomic mass is 19.1. The van der Waals surface area contributed by atoms with E-state index < -0.39 is 11.8 Å². The van der Waals surface area contributed by atoms with Crippen LogP contribution < -0.4 is 4.90 Å². The number of carboxylic acid groups (broad SMARTS) is 1. The van der Waals surface area contributed by atoms with Gasteiger partial charge in [0.05, 0.1) is 0 Å². The van der Waals surface area contributed by atoms with Gasteiger partial charge in [-0.25, -0.2) is 14.2 Å². The molecule has 0 bridgehead atoms. The van der Waals surface area contributed by atoms with Gasteiger partial charge in [0.15, 0.2) is 11.6 Å². The summed E-state index contributed by atoms with van der Waals surface area (Å²) in [5, 5.41) is 8.97. The normalized spacial score (nSPS) is 21.4. The molecular formula is C15H19FN2O2. The molecule has 1 N–H and O–H groups in total. The fraction of sp³-hybridized carbons (Fsp3) is 0.600. The molecule has 2 heterocycles. The number of rotatable bonds is 2. The van der Waals surface area contributed by atoms with E-state index >= 15 is 0 Å². The number of hydrogen-bond donors (Lipinski definition) is 1. The van der Waals surface area contributed by atoms with Crippen LogP contribution in [-0.2, 0) is 0 Å². The highest BCUT2D eigenvalue weighted by Gasteiger charge is 2.37. The van der Waals surface area contributed by atoms with Crippen LogP contribution in [0, 0.1) is 11.2 Å². The number of piperidine rings is 1. The summed E-state index contributed by atoms with van der Waals surface area (Å²) in [5.74, 6) is -1.75. The summed E-state index contributed by atoms with van der Waals surface area (Å²) in [6, 6.07) is 1.21. The van der Waals surface area contributed by atoms with Crippen molar-refractivity contribution in [3.63, 3.8) is 0 Å². The van der Waals surface area contributed by atoms with Gasteiger partial charge in [-0.3, -0.25) is 0 Å². The standard InChI is InChI=1S/C15H19FN2O2/c16-12-11(14(19)20)3-8-17-13(12)18-9-6-15(7-10-18)4-1-2-5-15/h3,8H,1-2,4-7,9-10H2,(H,19,20). The predicted molar refractivity (Wildman–Crippen MR) is 73.5 cm³/mol. The Balaban J connectivity index is 1.78. The van der Waals surface area contributed by atoms with Gasteiger partial charge in [-0.1, -0.05) is 12.8 Å². The Morgan fingerprint density at radius 2 is 1.90 bits per heavy atom. The van der Waals surface area contributed by atoms with Crippen LogP contribution in [0.15, 0.2) is 12.3 Å². The molecule has 2 fully saturated rings. The molecule has 0 amide bonds. The summed E-state index contributed by atoms with van der Waals surface area (Å²) in [5.41, 5.74) is 0.161. The van der Waals surface area contributed by atoms with Crippen molar-refractivity contribution in [1.29, 1.82) is 0 Å². The van der Waals surface area contributed by atoms with Crippen LogP contribution in [0.25, 0.3) is 0 Å². The Bertz CT molecular complexity index is 517. The van der Waals surface area contributed by atoms with Crippen LogP contribution in [-0.4, -0.2) is 29.1 Å². The Hall–Kier alpha value is -1.65. The molecule has 1 saturated heterocycles. The second kappa shape index (κ2) is 5.04. The van der Waals surface area contributed by atoms with Crippen LogP contribution in [0.4, 0.5) is 10.2 Å². The Morgan fingerprint density at radius 1 is 1.25 bits per heavy atom. The number of pyridine rings is 1. The number of halogens is 1. The van der Waals surface area contributed by atoms with Crippen molar-refractivity contribution >= 4 is 11.8 Å². The van der Waals surface area contributed by atoms with Gasteiger partial charge in [0.1, 0.15) is 5.56 Å². The topological polar surface area (TPSA) is 53.4 Å². The molecule has 20 heavy (non-hydrogen) atoms. The van der Waals surface area contributed by atoms with E-state index in [1.54, 1.807) is 0 Å². The molecule has 4 nitrogen and oxygen atoms in total. The minimum absolute atomic E-state index is 0.192.